The zero-order valence-electron chi connectivity index (χ0n) is 7.84. The van der Waals surface area contributed by atoms with Gasteiger partial charge in [-0.2, -0.15) is 5.21 Å². The molecule has 2 rings (SSSR count). The van der Waals surface area contributed by atoms with Crippen molar-refractivity contribution in [1.82, 2.24) is 20.6 Å². The number of carbonyl (C=O) groups excluding carboxylic acids is 1. The number of aromatic amines is 1. The summed E-state index contributed by atoms with van der Waals surface area (Å²) in [5.74, 6) is 0.453. The van der Waals surface area contributed by atoms with Gasteiger partial charge in [-0.3, -0.25) is 4.79 Å². The van der Waals surface area contributed by atoms with Crippen LogP contribution >= 0.6 is 0 Å². The average molecular weight is 203 g/mol. The van der Waals surface area contributed by atoms with Gasteiger partial charge in [-0.05, 0) is 10.8 Å². The molecule has 0 amide bonds. The van der Waals surface area contributed by atoms with Crippen LogP contribution < -0.4 is 5.32 Å². The Bertz CT molecular complexity index is 422. The topological polar surface area (TPSA) is 83.6 Å². The Hall–Kier alpha value is -2.24. The molecule has 0 bridgehead atoms. The van der Waals surface area contributed by atoms with E-state index in [4.69, 9.17) is 0 Å². The van der Waals surface area contributed by atoms with E-state index in [1.54, 1.807) is 12.1 Å². The Morgan fingerprint density at radius 1 is 1.33 bits per heavy atom. The summed E-state index contributed by atoms with van der Waals surface area (Å²) in [6, 6.07) is 7.27. The molecule has 0 radical (unpaired) electrons. The van der Waals surface area contributed by atoms with E-state index in [-0.39, 0.29) is 0 Å². The van der Waals surface area contributed by atoms with Crippen molar-refractivity contribution in [3.8, 4) is 0 Å². The number of nitrogens with one attached hydrogen (secondary N) is 2. The smallest absolute Gasteiger partial charge is 0.263 e. The highest BCUT2D eigenvalue weighted by molar-refractivity contribution is 5.74. The third-order valence-electron chi connectivity index (χ3n) is 1.91. The molecular weight excluding hydrogens is 194 g/mol. The predicted molar refractivity (Wildman–Crippen MR) is 53.3 cm³/mol. The Morgan fingerprint density at radius 3 is 2.73 bits per heavy atom. The van der Waals surface area contributed by atoms with Crippen molar-refractivity contribution < 1.29 is 4.79 Å². The van der Waals surface area contributed by atoms with E-state index in [9.17, 15) is 4.79 Å². The van der Waals surface area contributed by atoms with Crippen LogP contribution in [0.3, 0.4) is 0 Å². The van der Waals surface area contributed by atoms with Crippen molar-refractivity contribution in [2.24, 2.45) is 0 Å². The van der Waals surface area contributed by atoms with Crippen molar-refractivity contribution in [2.75, 3.05) is 5.32 Å². The summed E-state index contributed by atoms with van der Waals surface area (Å²) in [5, 5.41) is 16.2. The largest absolute Gasteiger partial charge is 0.348 e. The van der Waals surface area contributed by atoms with E-state index < -0.39 is 0 Å². The van der Waals surface area contributed by atoms with Crippen molar-refractivity contribution in [3.63, 3.8) is 0 Å². The lowest BCUT2D eigenvalue weighted by atomic mass is 10.1. The number of benzene rings is 1. The minimum atomic E-state index is 0.453. The van der Waals surface area contributed by atoms with Gasteiger partial charge < -0.3 is 5.32 Å². The van der Waals surface area contributed by atoms with Gasteiger partial charge in [-0.1, -0.05) is 29.4 Å². The Morgan fingerprint density at radius 2 is 2.13 bits per heavy atom. The minimum Gasteiger partial charge on any atom is -0.348 e. The maximum Gasteiger partial charge on any atom is 0.263 e. The van der Waals surface area contributed by atoms with Crippen LogP contribution in [0.25, 0.3) is 0 Å². The number of H-pyrrole nitrogens is 1. The Kier molecular flexibility index (Phi) is 2.68. The first-order valence-corrected chi connectivity index (χ1v) is 4.40. The van der Waals surface area contributed by atoms with E-state index in [2.05, 4.69) is 25.9 Å². The molecular formula is C9H9N5O. The number of aldehydes is 1. The number of hydrogen-bond donors (Lipinski definition) is 2. The molecule has 0 aliphatic heterocycles. The van der Waals surface area contributed by atoms with E-state index in [0.717, 1.165) is 11.8 Å². The van der Waals surface area contributed by atoms with E-state index >= 15 is 0 Å². The first-order valence-electron chi connectivity index (χ1n) is 4.40. The van der Waals surface area contributed by atoms with Crippen LogP contribution in [0.4, 0.5) is 5.95 Å². The minimum absolute atomic E-state index is 0.453. The molecule has 1 aromatic carbocycles. The predicted octanol–water partition coefficient (Wildman–Crippen LogP) is 0.624. The second-order valence-corrected chi connectivity index (χ2v) is 2.95. The van der Waals surface area contributed by atoms with Crippen molar-refractivity contribution in [1.29, 1.82) is 0 Å². The fourth-order valence-electron chi connectivity index (χ4n) is 1.13. The molecule has 0 spiro atoms. The molecule has 0 aliphatic rings. The number of tetrazole rings is 1. The van der Waals surface area contributed by atoms with Crippen LogP contribution in [-0.2, 0) is 6.54 Å². The second kappa shape index (κ2) is 4.32. The van der Waals surface area contributed by atoms with Crippen LogP contribution in [-0.4, -0.2) is 26.9 Å². The number of rotatable bonds is 4. The van der Waals surface area contributed by atoms with E-state index in [1.165, 1.54) is 0 Å². The molecule has 2 aromatic rings. The normalized spacial score (nSPS) is 9.87. The molecule has 2 N–H and O–H groups in total. The zero-order valence-corrected chi connectivity index (χ0v) is 7.84. The first kappa shape index (κ1) is 9.32. The van der Waals surface area contributed by atoms with Crippen LogP contribution in [0.2, 0.25) is 0 Å². The summed E-state index contributed by atoms with van der Waals surface area (Å²) in [5.41, 5.74) is 1.71. The van der Waals surface area contributed by atoms with E-state index in [1.807, 2.05) is 12.1 Å². The molecule has 6 nitrogen and oxygen atoms in total. The Labute approximate surface area is 85.7 Å². The highest BCUT2D eigenvalue weighted by atomic mass is 16.1. The fraction of sp³-hybridized carbons (Fsp3) is 0.111. The molecule has 0 fully saturated rings. The van der Waals surface area contributed by atoms with Crippen LogP contribution in [0.1, 0.15) is 15.9 Å². The summed E-state index contributed by atoms with van der Waals surface area (Å²) < 4.78 is 0. The quantitative estimate of drug-likeness (QED) is 0.712. The molecule has 0 unspecified atom stereocenters. The number of aromatic nitrogens is 4. The molecule has 15 heavy (non-hydrogen) atoms. The molecule has 76 valence electrons. The van der Waals surface area contributed by atoms with Gasteiger partial charge in [-0.15, -0.1) is 5.10 Å². The van der Waals surface area contributed by atoms with Crippen LogP contribution in [0.5, 0.6) is 0 Å². The van der Waals surface area contributed by atoms with Crippen LogP contribution in [0, 0.1) is 0 Å². The Balaban J connectivity index is 1.96. The molecule has 0 atom stereocenters. The van der Waals surface area contributed by atoms with Gasteiger partial charge in [-0.25, -0.2) is 0 Å². The SMILES string of the molecule is O=Cc1ccc(CNc2nn[nH]n2)cc1. The third kappa shape index (κ3) is 2.37. The first-order chi connectivity index (χ1) is 7.38. The number of anilines is 1. The summed E-state index contributed by atoms with van der Waals surface area (Å²) in [4.78, 5) is 10.4. The van der Waals surface area contributed by atoms with Crippen molar-refractivity contribution in [3.05, 3.63) is 35.4 Å². The zero-order chi connectivity index (χ0) is 10.5. The number of hydrogen-bond acceptors (Lipinski definition) is 5. The highest BCUT2D eigenvalue weighted by Gasteiger charge is 1.97. The van der Waals surface area contributed by atoms with Gasteiger partial charge in [0.2, 0.25) is 0 Å². The second-order valence-electron chi connectivity index (χ2n) is 2.95. The maximum atomic E-state index is 10.4. The standard InChI is InChI=1S/C9H9N5O/c15-6-8-3-1-7(2-4-8)5-10-9-11-13-14-12-9/h1-4,6H,5H2,(H2,10,11,12,13,14). The van der Waals surface area contributed by atoms with Gasteiger partial charge in [0.25, 0.3) is 5.95 Å². The molecule has 0 saturated carbocycles. The maximum absolute atomic E-state index is 10.4. The molecule has 0 aliphatic carbocycles. The van der Waals surface area contributed by atoms with Gasteiger partial charge in [0.05, 0.1) is 0 Å². The summed E-state index contributed by atoms with van der Waals surface area (Å²) in [7, 11) is 0. The summed E-state index contributed by atoms with van der Waals surface area (Å²) in [6.07, 6.45) is 0.816. The lowest BCUT2D eigenvalue weighted by molar-refractivity contribution is 0.112. The van der Waals surface area contributed by atoms with Gasteiger partial charge in [0.15, 0.2) is 0 Å². The van der Waals surface area contributed by atoms with Gasteiger partial charge >= 0.3 is 0 Å². The number of carbonyl (C=O) groups is 1. The van der Waals surface area contributed by atoms with Crippen molar-refractivity contribution >= 4 is 12.2 Å². The average Bonchev–Trinajstić information content (AvgIpc) is 2.80. The molecule has 0 saturated heterocycles. The van der Waals surface area contributed by atoms with Gasteiger partial charge in [0, 0.05) is 12.1 Å². The molecule has 6 heteroatoms. The molecule has 1 aromatic heterocycles. The monoisotopic (exact) mass is 203 g/mol. The summed E-state index contributed by atoms with van der Waals surface area (Å²) in [6.45, 7) is 0.596. The van der Waals surface area contributed by atoms with Gasteiger partial charge in [0.1, 0.15) is 6.29 Å². The number of nitrogens with zero attached hydrogens (tertiary/aromatic N) is 3. The molecule has 1 heterocycles. The fourth-order valence-corrected chi connectivity index (χ4v) is 1.13. The van der Waals surface area contributed by atoms with Crippen LogP contribution in [0.15, 0.2) is 24.3 Å². The summed E-state index contributed by atoms with van der Waals surface area (Å²) >= 11 is 0. The van der Waals surface area contributed by atoms with E-state index in [0.29, 0.717) is 18.1 Å². The highest BCUT2D eigenvalue weighted by Crippen LogP contribution is 2.04. The third-order valence-corrected chi connectivity index (χ3v) is 1.91. The lowest BCUT2D eigenvalue weighted by Crippen LogP contribution is -2.01. The van der Waals surface area contributed by atoms with Crippen molar-refractivity contribution in [2.45, 2.75) is 6.54 Å². The lowest BCUT2D eigenvalue weighted by Gasteiger charge is -2.01.